The monoisotopic (exact) mass is 295 g/mol. The number of benzene rings is 1. The standard InChI is InChI=1S/C21H29N/c1-3-21(4-2)17-13-8-6-5-7-12-16-20(22-18-21)19-14-10-9-11-15-19/h7-15,18,20H,3-6,16-17H2,1-2H3. The van der Waals surface area contributed by atoms with Crippen LogP contribution in [0.25, 0.3) is 0 Å². The minimum absolute atomic E-state index is 0.215. The van der Waals surface area contributed by atoms with Gasteiger partial charge in [-0.3, -0.25) is 4.99 Å². The predicted octanol–water partition coefficient (Wildman–Crippen LogP) is 6.29. The van der Waals surface area contributed by atoms with Crippen molar-refractivity contribution in [1.29, 1.82) is 0 Å². The van der Waals surface area contributed by atoms with Crippen molar-refractivity contribution >= 4 is 6.21 Å². The van der Waals surface area contributed by atoms with Gasteiger partial charge >= 0.3 is 0 Å². The molecule has 1 atom stereocenters. The van der Waals surface area contributed by atoms with Crippen LogP contribution in [0.5, 0.6) is 0 Å². The van der Waals surface area contributed by atoms with E-state index < -0.39 is 0 Å². The van der Waals surface area contributed by atoms with Crippen LogP contribution in [0.1, 0.15) is 64.0 Å². The van der Waals surface area contributed by atoms with Crippen molar-refractivity contribution in [1.82, 2.24) is 0 Å². The maximum absolute atomic E-state index is 5.01. The lowest BCUT2D eigenvalue weighted by Crippen LogP contribution is -2.20. The number of aliphatic imine (C=N–C) groups is 1. The quantitative estimate of drug-likeness (QED) is 0.581. The first-order valence-corrected chi connectivity index (χ1v) is 8.69. The summed E-state index contributed by atoms with van der Waals surface area (Å²) in [6.07, 6.45) is 18.2. The molecule has 0 saturated heterocycles. The van der Waals surface area contributed by atoms with Crippen molar-refractivity contribution in [2.75, 3.05) is 0 Å². The van der Waals surface area contributed by atoms with Crippen molar-refractivity contribution in [2.45, 2.75) is 58.4 Å². The van der Waals surface area contributed by atoms with Crippen LogP contribution in [0, 0.1) is 5.41 Å². The van der Waals surface area contributed by atoms with E-state index in [0.29, 0.717) is 0 Å². The van der Waals surface area contributed by atoms with Gasteiger partial charge in [-0.1, -0.05) is 68.5 Å². The Hall–Kier alpha value is -1.63. The van der Waals surface area contributed by atoms with E-state index in [1.807, 2.05) is 0 Å². The molecule has 1 heteroatoms. The lowest BCUT2D eigenvalue weighted by atomic mass is 9.80. The molecule has 0 spiro atoms. The molecule has 2 rings (SSSR count). The van der Waals surface area contributed by atoms with Crippen LogP contribution in [0.2, 0.25) is 0 Å². The molecule has 0 radical (unpaired) electrons. The molecule has 1 aliphatic rings. The normalized spacial score (nSPS) is 22.0. The molecule has 0 saturated carbocycles. The highest BCUT2D eigenvalue weighted by Gasteiger charge is 2.23. The van der Waals surface area contributed by atoms with Crippen molar-refractivity contribution in [3.8, 4) is 0 Å². The summed E-state index contributed by atoms with van der Waals surface area (Å²) >= 11 is 0. The third-order valence-electron chi connectivity index (χ3n) is 4.84. The fourth-order valence-corrected chi connectivity index (χ4v) is 2.95. The van der Waals surface area contributed by atoms with E-state index in [1.165, 1.54) is 5.56 Å². The summed E-state index contributed by atoms with van der Waals surface area (Å²) in [7, 11) is 0. The topological polar surface area (TPSA) is 12.4 Å². The summed E-state index contributed by atoms with van der Waals surface area (Å²) in [6, 6.07) is 10.9. The Labute approximate surface area is 135 Å². The van der Waals surface area contributed by atoms with Gasteiger partial charge in [0.25, 0.3) is 0 Å². The van der Waals surface area contributed by atoms with Crippen molar-refractivity contribution < 1.29 is 0 Å². The van der Waals surface area contributed by atoms with Gasteiger partial charge in [0, 0.05) is 11.6 Å². The first kappa shape index (κ1) is 16.7. The van der Waals surface area contributed by atoms with Crippen LogP contribution >= 0.6 is 0 Å². The fourth-order valence-electron chi connectivity index (χ4n) is 2.95. The first-order chi connectivity index (χ1) is 10.8. The molecule has 1 aromatic rings. The van der Waals surface area contributed by atoms with E-state index in [1.54, 1.807) is 0 Å². The summed E-state index contributed by atoms with van der Waals surface area (Å²) < 4.78 is 0. The van der Waals surface area contributed by atoms with Crippen molar-refractivity contribution in [3.63, 3.8) is 0 Å². The molecule has 0 aromatic heterocycles. The van der Waals surface area contributed by atoms with Gasteiger partial charge < -0.3 is 0 Å². The summed E-state index contributed by atoms with van der Waals surface area (Å²) in [6.45, 7) is 4.57. The summed E-state index contributed by atoms with van der Waals surface area (Å²) in [5.41, 5.74) is 1.53. The Bertz CT molecular complexity index is 506. The highest BCUT2D eigenvalue weighted by atomic mass is 14.8. The second-order valence-electron chi connectivity index (χ2n) is 6.23. The summed E-state index contributed by atoms with van der Waals surface area (Å²) in [5.74, 6) is 0. The highest BCUT2D eigenvalue weighted by Crippen LogP contribution is 2.31. The molecule has 22 heavy (non-hydrogen) atoms. The smallest absolute Gasteiger partial charge is 0.0779 e. The molecule has 1 aromatic carbocycles. The lowest BCUT2D eigenvalue weighted by Gasteiger charge is -2.27. The molecular formula is C21H29N. The van der Waals surface area contributed by atoms with Crippen LogP contribution < -0.4 is 0 Å². The highest BCUT2D eigenvalue weighted by molar-refractivity contribution is 5.66. The van der Waals surface area contributed by atoms with Crippen LogP contribution in [0.4, 0.5) is 0 Å². The van der Waals surface area contributed by atoms with Crippen LogP contribution in [0.15, 0.2) is 59.6 Å². The Balaban J connectivity index is 2.29. The molecule has 0 amide bonds. The Morgan fingerprint density at radius 3 is 2.32 bits per heavy atom. The average molecular weight is 295 g/mol. The van der Waals surface area contributed by atoms with E-state index in [9.17, 15) is 0 Å². The zero-order valence-corrected chi connectivity index (χ0v) is 14.0. The lowest BCUT2D eigenvalue weighted by molar-refractivity contribution is 0.400. The number of hydrogen-bond acceptors (Lipinski definition) is 1. The zero-order valence-electron chi connectivity index (χ0n) is 14.0. The van der Waals surface area contributed by atoms with Gasteiger partial charge in [-0.2, -0.15) is 0 Å². The second-order valence-corrected chi connectivity index (χ2v) is 6.23. The van der Waals surface area contributed by atoms with Gasteiger partial charge in [0.2, 0.25) is 0 Å². The van der Waals surface area contributed by atoms with E-state index in [2.05, 4.69) is 74.7 Å². The van der Waals surface area contributed by atoms with Crippen molar-refractivity contribution in [3.05, 3.63) is 60.2 Å². The van der Waals surface area contributed by atoms with Gasteiger partial charge in [0.05, 0.1) is 6.04 Å². The molecule has 0 aliphatic carbocycles. The van der Waals surface area contributed by atoms with E-state index in [4.69, 9.17) is 4.99 Å². The van der Waals surface area contributed by atoms with Gasteiger partial charge in [-0.05, 0) is 44.1 Å². The van der Waals surface area contributed by atoms with Crippen molar-refractivity contribution in [2.24, 2.45) is 10.4 Å². The number of hydrogen-bond donors (Lipinski definition) is 0. The Morgan fingerprint density at radius 2 is 1.64 bits per heavy atom. The van der Waals surface area contributed by atoms with Gasteiger partial charge in [0.1, 0.15) is 0 Å². The van der Waals surface area contributed by atoms with E-state index in [0.717, 1.165) is 38.5 Å². The molecule has 118 valence electrons. The minimum Gasteiger partial charge on any atom is -0.289 e. The molecule has 1 unspecified atom stereocenters. The molecule has 0 bridgehead atoms. The number of allylic oxidation sites excluding steroid dienone is 3. The molecule has 1 nitrogen and oxygen atoms in total. The molecule has 0 N–H and O–H groups in total. The van der Waals surface area contributed by atoms with Gasteiger partial charge in [-0.15, -0.1) is 0 Å². The minimum atomic E-state index is 0.215. The van der Waals surface area contributed by atoms with E-state index >= 15 is 0 Å². The maximum atomic E-state index is 5.01. The zero-order chi connectivity index (χ0) is 15.7. The molecular weight excluding hydrogens is 266 g/mol. The van der Waals surface area contributed by atoms with Crippen LogP contribution in [-0.4, -0.2) is 6.21 Å². The third-order valence-corrected chi connectivity index (χ3v) is 4.84. The largest absolute Gasteiger partial charge is 0.289 e. The fraction of sp³-hybridized carbons (Fsp3) is 0.476. The first-order valence-electron chi connectivity index (χ1n) is 8.69. The number of nitrogens with zero attached hydrogens (tertiary/aromatic N) is 1. The number of rotatable bonds is 3. The maximum Gasteiger partial charge on any atom is 0.0779 e. The van der Waals surface area contributed by atoms with Gasteiger partial charge in [-0.25, -0.2) is 0 Å². The summed E-state index contributed by atoms with van der Waals surface area (Å²) in [5, 5.41) is 0. The Morgan fingerprint density at radius 1 is 0.955 bits per heavy atom. The SMILES string of the molecule is CCC1(CC)C=NC(c2ccccc2)CC=CCCC=CC1. The van der Waals surface area contributed by atoms with E-state index in [-0.39, 0.29) is 11.5 Å². The van der Waals surface area contributed by atoms with Gasteiger partial charge in [0.15, 0.2) is 0 Å². The predicted molar refractivity (Wildman–Crippen MR) is 97.4 cm³/mol. The van der Waals surface area contributed by atoms with Crippen LogP contribution in [-0.2, 0) is 0 Å². The summed E-state index contributed by atoms with van der Waals surface area (Å²) in [4.78, 5) is 5.01. The molecule has 0 fully saturated rings. The average Bonchev–Trinajstić information content (AvgIpc) is 2.57. The Kier molecular flexibility index (Phi) is 6.64. The molecule has 1 heterocycles. The molecule has 1 aliphatic heterocycles. The second kappa shape index (κ2) is 8.73. The third kappa shape index (κ3) is 4.69. The van der Waals surface area contributed by atoms with Crippen LogP contribution in [0.3, 0.4) is 0 Å².